The summed E-state index contributed by atoms with van der Waals surface area (Å²) < 4.78 is 0. The van der Waals surface area contributed by atoms with Gasteiger partial charge in [0.2, 0.25) is 5.91 Å². The molecule has 1 aromatic rings. The molecule has 1 fully saturated rings. The molecule has 2 aliphatic heterocycles. The number of carbonyl (C=O) groups is 2. The molecule has 1 amide bonds. The minimum atomic E-state index is -0.747. The molecular weight excluding hydrogens is 256 g/mol. The average Bonchev–Trinajstić information content (AvgIpc) is 2.90. The van der Waals surface area contributed by atoms with Crippen LogP contribution in [0.5, 0.6) is 0 Å². The molecule has 106 valence electrons. The van der Waals surface area contributed by atoms with Gasteiger partial charge in [-0.1, -0.05) is 18.2 Å². The van der Waals surface area contributed by atoms with Crippen LogP contribution in [0.2, 0.25) is 0 Å². The van der Waals surface area contributed by atoms with Gasteiger partial charge >= 0.3 is 5.97 Å². The third-order valence-corrected chi connectivity index (χ3v) is 4.23. The van der Waals surface area contributed by atoms with Gasteiger partial charge in [0.25, 0.3) is 0 Å². The van der Waals surface area contributed by atoms with Gasteiger partial charge in [0.15, 0.2) is 0 Å². The molecule has 2 heterocycles. The number of aliphatic carboxylic acids is 1. The zero-order chi connectivity index (χ0) is 14.1. The van der Waals surface area contributed by atoms with E-state index in [2.05, 4.69) is 5.32 Å². The first-order valence-corrected chi connectivity index (χ1v) is 7.01. The maximum absolute atomic E-state index is 12.5. The number of nitrogens with zero attached hydrogens (tertiary/aromatic N) is 1. The number of nitrogens with one attached hydrogen (secondary N) is 1. The van der Waals surface area contributed by atoms with Crippen LogP contribution in [-0.4, -0.2) is 41.0 Å². The summed E-state index contributed by atoms with van der Waals surface area (Å²) in [6, 6.07) is 7.75. The Morgan fingerprint density at radius 2 is 1.90 bits per heavy atom. The number of fused-ring (bicyclic) bond motifs is 1. The maximum Gasteiger partial charge on any atom is 0.306 e. The van der Waals surface area contributed by atoms with Crippen molar-refractivity contribution in [3.63, 3.8) is 0 Å². The molecule has 0 saturated carbocycles. The fourth-order valence-electron chi connectivity index (χ4n) is 3.01. The summed E-state index contributed by atoms with van der Waals surface area (Å²) in [4.78, 5) is 25.2. The highest BCUT2D eigenvalue weighted by Gasteiger charge is 2.33. The molecule has 0 aliphatic carbocycles. The van der Waals surface area contributed by atoms with Crippen molar-refractivity contribution in [2.45, 2.75) is 25.3 Å². The van der Waals surface area contributed by atoms with Gasteiger partial charge in [-0.25, -0.2) is 0 Å². The summed E-state index contributed by atoms with van der Waals surface area (Å²) in [5.41, 5.74) is 2.21. The van der Waals surface area contributed by atoms with Gasteiger partial charge in [-0.05, 0) is 24.5 Å². The van der Waals surface area contributed by atoms with Crippen LogP contribution in [0.3, 0.4) is 0 Å². The smallest absolute Gasteiger partial charge is 0.306 e. The van der Waals surface area contributed by atoms with Gasteiger partial charge in [0, 0.05) is 25.2 Å². The Morgan fingerprint density at radius 3 is 2.55 bits per heavy atom. The van der Waals surface area contributed by atoms with Crippen LogP contribution >= 0.6 is 0 Å². The molecule has 0 radical (unpaired) electrons. The molecular formula is C15H18N2O3. The van der Waals surface area contributed by atoms with E-state index in [-0.39, 0.29) is 17.9 Å². The van der Waals surface area contributed by atoms with E-state index in [9.17, 15) is 9.59 Å². The number of para-hydroxylation sites is 1. The first-order valence-electron chi connectivity index (χ1n) is 7.01. The second-order valence-corrected chi connectivity index (χ2v) is 5.50. The quantitative estimate of drug-likeness (QED) is 0.854. The fourth-order valence-corrected chi connectivity index (χ4v) is 3.01. The Labute approximate surface area is 117 Å². The van der Waals surface area contributed by atoms with Crippen molar-refractivity contribution in [1.82, 2.24) is 4.90 Å². The molecule has 5 nitrogen and oxygen atoms in total. The lowest BCUT2D eigenvalue weighted by Gasteiger charge is -2.32. The van der Waals surface area contributed by atoms with Crippen molar-refractivity contribution in [2.75, 3.05) is 18.4 Å². The lowest BCUT2D eigenvalue weighted by Crippen LogP contribution is -2.46. The second kappa shape index (κ2) is 5.15. The zero-order valence-corrected chi connectivity index (χ0v) is 11.2. The lowest BCUT2D eigenvalue weighted by molar-refractivity contribution is -0.145. The van der Waals surface area contributed by atoms with E-state index in [1.165, 1.54) is 5.56 Å². The monoisotopic (exact) mass is 274 g/mol. The molecule has 3 rings (SSSR count). The van der Waals surface area contributed by atoms with Crippen molar-refractivity contribution in [2.24, 2.45) is 5.92 Å². The third kappa shape index (κ3) is 2.35. The number of hydrogen-bond acceptors (Lipinski definition) is 3. The zero-order valence-electron chi connectivity index (χ0n) is 11.2. The largest absolute Gasteiger partial charge is 0.481 e. The van der Waals surface area contributed by atoms with Gasteiger partial charge in [-0.15, -0.1) is 0 Å². The van der Waals surface area contributed by atoms with E-state index in [4.69, 9.17) is 5.11 Å². The molecule has 0 aromatic heterocycles. The normalized spacial score (nSPS) is 22.2. The van der Waals surface area contributed by atoms with Gasteiger partial charge < -0.3 is 15.3 Å². The molecule has 0 spiro atoms. The summed E-state index contributed by atoms with van der Waals surface area (Å²) in [6.07, 6.45) is 1.83. The summed E-state index contributed by atoms with van der Waals surface area (Å²) >= 11 is 0. The number of benzene rings is 1. The van der Waals surface area contributed by atoms with E-state index in [0.29, 0.717) is 32.4 Å². The van der Waals surface area contributed by atoms with Gasteiger partial charge in [-0.2, -0.15) is 0 Å². The van der Waals surface area contributed by atoms with Gasteiger partial charge in [0.1, 0.15) is 6.04 Å². The number of likely N-dealkylation sites (tertiary alicyclic amines) is 1. The van der Waals surface area contributed by atoms with E-state index >= 15 is 0 Å². The van der Waals surface area contributed by atoms with Crippen LogP contribution in [0.4, 0.5) is 5.69 Å². The number of carbonyl (C=O) groups excluding carboxylic acids is 1. The highest BCUT2D eigenvalue weighted by Crippen LogP contribution is 2.27. The van der Waals surface area contributed by atoms with Gasteiger partial charge in [0.05, 0.1) is 5.92 Å². The lowest BCUT2D eigenvalue weighted by atomic mass is 9.96. The second-order valence-electron chi connectivity index (χ2n) is 5.50. The van der Waals surface area contributed by atoms with Crippen LogP contribution in [0.15, 0.2) is 24.3 Å². The van der Waals surface area contributed by atoms with Crippen LogP contribution < -0.4 is 5.32 Å². The Bertz CT molecular complexity index is 511. The van der Waals surface area contributed by atoms with Crippen molar-refractivity contribution >= 4 is 17.6 Å². The van der Waals surface area contributed by atoms with E-state index < -0.39 is 5.97 Å². The Kier molecular flexibility index (Phi) is 3.34. The van der Waals surface area contributed by atoms with E-state index in [1.54, 1.807) is 4.90 Å². The van der Waals surface area contributed by atoms with E-state index in [1.807, 2.05) is 24.3 Å². The standard InChI is InChI=1S/C15H18N2O3/c18-14(17-7-5-10(6-8-17)15(19)20)13-9-11-3-1-2-4-12(11)16-13/h1-4,10,13,16H,5-9H2,(H,19,20)/t13-/m0/s1. The fraction of sp³-hybridized carbons (Fsp3) is 0.467. The minimum Gasteiger partial charge on any atom is -0.481 e. The summed E-state index contributed by atoms with van der Waals surface area (Å²) in [5.74, 6) is -0.957. The van der Waals surface area contributed by atoms with Crippen molar-refractivity contribution in [3.8, 4) is 0 Å². The van der Waals surface area contributed by atoms with Crippen LogP contribution in [0.1, 0.15) is 18.4 Å². The molecule has 0 unspecified atom stereocenters. The Morgan fingerprint density at radius 1 is 1.20 bits per heavy atom. The summed E-state index contributed by atoms with van der Waals surface area (Å²) in [7, 11) is 0. The predicted molar refractivity (Wildman–Crippen MR) is 74.5 cm³/mol. The summed E-state index contributed by atoms with van der Waals surface area (Å²) in [5, 5.41) is 12.2. The molecule has 2 aliphatic rings. The number of carboxylic acids is 1. The molecule has 2 N–H and O–H groups in total. The predicted octanol–water partition coefficient (Wildman–Crippen LogP) is 1.35. The highest BCUT2D eigenvalue weighted by atomic mass is 16.4. The van der Waals surface area contributed by atoms with Crippen molar-refractivity contribution in [3.05, 3.63) is 29.8 Å². The number of rotatable bonds is 2. The maximum atomic E-state index is 12.5. The first-order chi connectivity index (χ1) is 9.65. The molecule has 20 heavy (non-hydrogen) atoms. The number of anilines is 1. The van der Waals surface area contributed by atoms with Crippen molar-refractivity contribution < 1.29 is 14.7 Å². The molecule has 5 heteroatoms. The van der Waals surface area contributed by atoms with Crippen LogP contribution in [0.25, 0.3) is 0 Å². The SMILES string of the molecule is O=C(O)C1CCN(C(=O)[C@@H]2Cc3ccccc3N2)CC1. The molecule has 1 saturated heterocycles. The molecule has 0 bridgehead atoms. The van der Waals surface area contributed by atoms with Crippen LogP contribution in [0, 0.1) is 5.92 Å². The number of carboxylic acid groups (broad SMARTS) is 1. The minimum absolute atomic E-state index is 0.0880. The molecule has 1 aromatic carbocycles. The Hall–Kier alpha value is -2.04. The number of piperidine rings is 1. The highest BCUT2D eigenvalue weighted by molar-refractivity contribution is 5.87. The van der Waals surface area contributed by atoms with Crippen molar-refractivity contribution in [1.29, 1.82) is 0 Å². The topological polar surface area (TPSA) is 69.6 Å². The first kappa shape index (κ1) is 13.0. The Balaban J connectivity index is 1.60. The summed E-state index contributed by atoms with van der Waals surface area (Å²) in [6.45, 7) is 1.09. The molecule has 1 atom stereocenters. The average molecular weight is 274 g/mol. The number of hydrogen-bond donors (Lipinski definition) is 2. The van der Waals surface area contributed by atoms with Gasteiger partial charge in [-0.3, -0.25) is 9.59 Å². The van der Waals surface area contributed by atoms with E-state index in [0.717, 1.165) is 5.69 Å². The third-order valence-electron chi connectivity index (χ3n) is 4.23. The number of amides is 1. The van der Waals surface area contributed by atoms with Crippen LogP contribution in [-0.2, 0) is 16.0 Å².